The van der Waals surface area contributed by atoms with E-state index in [1.807, 2.05) is 4.90 Å². The van der Waals surface area contributed by atoms with Crippen LogP contribution in [0.1, 0.15) is 26.3 Å². The maximum absolute atomic E-state index is 11.5. The van der Waals surface area contributed by atoms with Crippen LogP contribution in [0.15, 0.2) is 29.3 Å². The Bertz CT molecular complexity index is 608. The summed E-state index contributed by atoms with van der Waals surface area (Å²) < 4.78 is 0. The Kier molecular flexibility index (Phi) is 7.75. The summed E-state index contributed by atoms with van der Waals surface area (Å²) in [5, 5.41) is 3.39. The minimum absolute atomic E-state index is 0.156. The van der Waals surface area contributed by atoms with Crippen LogP contribution in [0.4, 0.5) is 5.69 Å². The number of carbonyl (C=O) groups is 1. The van der Waals surface area contributed by atoms with E-state index in [1.54, 1.807) is 6.92 Å². The molecule has 1 aliphatic rings. The lowest BCUT2D eigenvalue weighted by molar-refractivity contribution is -0.130. The highest BCUT2D eigenvalue weighted by Crippen LogP contribution is 2.15. The summed E-state index contributed by atoms with van der Waals surface area (Å²) in [6, 6.07) is 8.61. The standard InChI is InChI=1S/C20H33N5O/c1-5-21-20(25-14-12-24(13-15-25)18(4)26)22-10-11-23(6-2)19-9-7-8-17(3)16-19/h7-9,16H,5-6,10-15H2,1-4H3,(H,21,22). The van der Waals surface area contributed by atoms with Crippen LogP contribution in [0.3, 0.4) is 0 Å². The molecule has 0 bridgehead atoms. The van der Waals surface area contributed by atoms with Crippen molar-refractivity contribution in [1.82, 2.24) is 15.1 Å². The third-order valence-corrected chi connectivity index (χ3v) is 4.74. The molecule has 1 amide bonds. The first kappa shape index (κ1) is 20.1. The first-order valence-corrected chi connectivity index (χ1v) is 9.65. The number of hydrogen-bond donors (Lipinski definition) is 1. The molecule has 1 fully saturated rings. The van der Waals surface area contributed by atoms with Crippen LogP contribution in [0, 0.1) is 6.92 Å². The second-order valence-corrected chi connectivity index (χ2v) is 6.65. The van der Waals surface area contributed by atoms with Crippen LogP contribution in [0.5, 0.6) is 0 Å². The predicted molar refractivity (Wildman–Crippen MR) is 109 cm³/mol. The van der Waals surface area contributed by atoms with E-state index >= 15 is 0 Å². The van der Waals surface area contributed by atoms with Crippen LogP contribution in [0.25, 0.3) is 0 Å². The molecule has 0 aliphatic carbocycles. The monoisotopic (exact) mass is 359 g/mol. The molecule has 6 nitrogen and oxygen atoms in total. The molecular formula is C20H33N5O. The fourth-order valence-corrected chi connectivity index (χ4v) is 3.23. The molecule has 144 valence electrons. The van der Waals surface area contributed by atoms with Crippen molar-refractivity contribution >= 4 is 17.6 Å². The number of nitrogens with one attached hydrogen (secondary N) is 1. The van der Waals surface area contributed by atoms with E-state index in [-0.39, 0.29) is 5.91 Å². The van der Waals surface area contributed by atoms with Crippen molar-refractivity contribution in [3.05, 3.63) is 29.8 Å². The minimum atomic E-state index is 0.156. The first-order chi connectivity index (χ1) is 12.5. The van der Waals surface area contributed by atoms with Crippen molar-refractivity contribution < 1.29 is 4.79 Å². The number of likely N-dealkylation sites (N-methyl/N-ethyl adjacent to an activating group) is 1. The Labute approximate surface area is 157 Å². The maximum Gasteiger partial charge on any atom is 0.219 e. The molecule has 1 aliphatic heterocycles. The zero-order chi connectivity index (χ0) is 18.9. The van der Waals surface area contributed by atoms with Gasteiger partial charge < -0.3 is 20.0 Å². The van der Waals surface area contributed by atoms with Gasteiger partial charge in [0.15, 0.2) is 5.96 Å². The van der Waals surface area contributed by atoms with Gasteiger partial charge in [-0.3, -0.25) is 9.79 Å². The quantitative estimate of drug-likeness (QED) is 0.623. The van der Waals surface area contributed by atoms with Gasteiger partial charge in [0.2, 0.25) is 5.91 Å². The number of amides is 1. The number of rotatable bonds is 6. The number of anilines is 1. The fourth-order valence-electron chi connectivity index (χ4n) is 3.23. The maximum atomic E-state index is 11.5. The SMILES string of the molecule is CCNC(=NCCN(CC)c1cccc(C)c1)N1CCN(C(C)=O)CC1. The summed E-state index contributed by atoms with van der Waals surface area (Å²) in [5.74, 6) is 1.11. The molecule has 0 aromatic heterocycles. The van der Waals surface area contributed by atoms with Crippen molar-refractivity contribution in [2.24, 2.45) is 4.99 Å². The number of piperazine rings is 1. The van der Waals surface area contributed by atoms with Crippen LogP contribution in [0.2, 0.25) is 0 Å². The number of guanidine groups is 1. The highest BCUT2D eigenvalue weighted by atomic mass is 16.2. The Morgan fingerprint density at radius 1 is 1.19 bits per heavy atom. The number of carbonyl (C=O) groups excluding carboxylic acids is 1. The molecule has 1 heterocycles. The van der Waals surface area contributed by atoms with E-state index in [0.717, 1.165) is 58.3 Å². The highest BCUT2D eigenvalue weighted by Gasteiger charge is 2.20. The second-order valence-electron chi connectivity index (χ2n) is 6.65. The molecule has 0 radical (unpaired) electrons. The lowest BCUT2D eigenvalue weighted by atomic mass is 10.2. The van der Waals surface area contributed by atoms with Crippen molar-refractivity contribution in [2.45, 2.75) is 27.7 Å². The Morgan fingerprint density at radius 2 is 1.88 bits per heavy atom. The van der Waals surface area contributed by atoms with Crippen molar-refractivity contribution in [3.8, 4) is 0 Å². The lowest BCUT2D eigenvalue weighted by Gasteiger charge is -2.36. The van der Waals surface area contributed by atoms with Gasteiger partial charge in [-0.15, -0.1) is 0 Å². The van der Waals surface area contributed by atoms with Gasteiger partial charge in [-0.05, 0) is 38.5 Å². The summed E-state index contributed by atoms with van der Waals surface area (Å²) in [6.45, 7) is 14.7. The van der Waals surface area contributed by atoms with Crippen molar-refractivity contribution in [2.75, 3.05) is 57.3 Å². The normalized spacial score (nSPS) is 15.2. The lowest BCUT2D eigenvalue weighted by Crippen LogP contribution is -2.53. The van der Waals surface area contributed by atoms with Gasteiger partial charge in [-0.25, -0.2) is 0 Å². The molecule has 0 atom stereocenters. The smallest absolute Gasteiger partial charge is 0.219 e. The average Bonchev–Trinajstić information content (AvgIpc) is 2.64. The molecular weight excluding hydrogens is 326 g/mol. The molecule has 1 aromatic rings. The molecule has 0 saturated carbocycles. The first-order valence-electron chi connectivity index (χ1n) is 9.65. The van der Waals surface area contributed by atoms with E-state index < -0.39 is 0 Å². The Morgan fingerprint density at radius 3 is 2.46 bits per heavy atom. The zero-order valence-electron chi connectivity index (χ0n) is 16.7. The summed E-state index contributed by atoms with van der Waals surface area (Å²) in [5.41, 5.74) is 2.53. The summed E-state index contributed by atoms with van der Waals surface area (Å²) >= 11 is 0. The van der Waals surface area contributed by atoms with E-state index in [1.165, 1.54) is 11.3 Å². The topological polar surface area (TPSA) is 51.2 Å². The van der Waals surface area contributed by atoms with Gasteiger partial charge >= 0.3 is 0 Å². The third-order valence-electron chi connectivity index (χ3n) is 4.74. The zero-order valence-corrected chi connectivity index (χ0v) is 16.7. The molecule has 1 N–H and O–H groups in total. The molecule has 0 spiro atoms. The van der Waals surface area contributed by atoms with Crippen LogP contribution >= 0.6 is 0 Å². The fraction of sp³-hybridized carbons (Fsp3) is 0.600. The van der Waals surface area contributed by atoms with Gasteiger partial charge in [-0.1, -0.05) is 12.1 Å². The number of hydrogen-bond acceptors (Lipinski definition) is 3. The van der Waals surface area contributed by atoms with Gasteiger partial charge in [-0.2, -0.15) is 0 Å². The van der Waals surface area contributed by atoms with Crippen LogP contribution in [-0.4, -0.2) is 74.0 Å². The largest absolute Gasteiger partial charge is 0.370 e. The third kappa shape index (κ3) is 5.64. The number of nitrogens with zero attached hydrogens (tertiary/aromatic N) is 4. The number of benzene rings is 1. The summed E-state index contributed by atoms with van der Waals surface area (Å²) in [6.07, 6.45) is 0. The van der Waals surface area contributed by atoms with E-state index in [0.29, 0.717) is 0 Å². The Balaban J connectivity index is 1.95. The average molecular weight is 360 g/mol. The van der Waals surface area contributed by atoms with Gasteiger partial charge in [0.05, 0.1) is 6.54 Å². The van der Waals surface area contributed by atoms with Crippen molar-refractivity contribution in [1.29, 1.82) is 0 Å². The molecule has 26 heavy (non-hydrogen) atoms. The molecule has 1 saturated heterocycles. The molecule has 1 aromatic carbocycles. The van der Waals surface area contributed by atoms with Gasteiger partial charge in [0.1, 0.15) is 0 Å². The number of aryl methyl sites for hydroxylation is 1. The van der Waals surface area contributed by atoms with Gasteiger partial charge in [0.25, 0.3) is 0 Å². The summed E-state index contributed by atoms with van der Waals surface area (Å²) in [7, 11) is 0. The minimum Gasteiger partial charge on any atom is -0.370 e. The van der Waals surface area contributed by atoms with Crippen LogP contribution in [-0.2, 0) is 4.79 Å². The van der Waals surface area contributed by atoms with E-state index in [4.69, 9.17) is 4.99 Å². The molecule has 2 rings (SSSR count). The van der Waals surface area contributed by atoms with Crippen molar-refractivity contribution in [3.63, 3.8) is 0 Å². The number of aliphatic imine (C=N–C) groups is 1. The summed E-state index contributed by atoms with van der Waals surface area (Å²) in [4.78, 5) is 22.8. The van der Waals surface area contributed by atoms with E-state index in [9.17, 15) is 4.79 Å². The van der Waals surface area contributed by atoms with E-state index in [2.05, 4.69) is 60.2 Å². The van der Waals surface area contributed by atoms with Gasteiger partial charge in [0, 0.05) is 58.4 Å². The Hall–Kier alpha value is -2.24. The predicted octanol–water partition coefficient (Wildman–Crippen LogP) is 1.95. The molecule has 6 heteroatoms. The highest BCUT2D eigenvalue weighted by molar-refractivity contribution is 5.80. The second kappa shape index (κ2) is 10.0. The molecule has 0 unspecified atom stereocenters. The van der Waals surface area contributed by atoms with Crippen LogP contribution < -0.4 is 10.2 Å².